The Balaban J connectivity index is 1.45. The molecule has 2 N–H and O–H groups in total. The molecule has 0 amide bonds. The van der Waals surface area contributed by atoms with Crippen molar-refractivity contribution in [2.24, 2.45) is 0 Å². The van der Waals surface area contributed by atoms with Gasteiger partial charge in [-0.3, -0.25) is 0 Å². The van der Waals surface area contributed by atoms with Gasteiger partial charge in [0.05, 0.1) is 0 Å². The molecule has 266 valence electrons. The number of para-hydroxylation sites is 2. The second-order valence-electron chi connectivity index (χ2n) is 14.5. The van der Waals surface area contributed by atoms with Crippen LogP contribution in [0, 0.1) is 55.4 Å². The van der Waals surface area contributed by atoms with Gasteiger partial charge < -0.3 is 19.7 Å². The standard InChI is InChI=1S/C48H50O4/c1-29-15-19-39(20-16-29)51-43(27-37-11-9-13-41(47(37)49)45-33(5)23-31(3)24-34(45)6)44(52-40-21-17-30(2)18-22-40)28-38-12-10-14-42(48(38)50)46-35(7)25-32(4)26-36(46)8/h9-26,43-44,49-50H,27-28H2,1-8H3. The largest absolute Gasteiger partial charge is 0.507 e. The molecule has 0 aliphatic carbocycles. The van der Waals surface area contributed by atoms with Gasteiger partial charge in [-0.2, -0.15) is 0 Å². The molecule has 52 heavy (non-hydrogen) atoms. The molecule has 0 heterocycles. The highest BCUT2D eigenvalue weighted by molar-refractivity contribution is 5.78. The molecule has 2 unspecified atom stereocenters. The van der Waals surface area contributed by atoms with Gasteiger partial charge in [-0.15, -0.1) is 0 Å². The molecule has 0 spiro atoms. The lowest BCUT2D eigenvalue weighted by atomic mass is 9.89. The van der Waals surface area contributed by atoms with Crippen LogP contribution in [0.3, 0.4) is 0 Å². The molecule has 0 bridgehead atoms. The van der Waals surface area contributed by atoms with Crippen molar-refractivity contribution in [3.63, 3.8) is 0 Å². The molecule has 0 aromatic heterocycles. The van der Waals surface area contributed by atoms with Gasteiger partial charge in [0, 0.05) is 24.0 Å². The van der Waals surface area contributed by atoms with Crippen molar-refractivity contribution in [3.05, 3.63) is 165 Å². The van der Waals surface area contributed by atoms with Gasteiger partial charge in [-0.25, -0.2) is 0 Å². The van der Waals surface area contributed by atoms with Crippen molar-refractivity contribution in [2.75, 3.05) is 0 Å². The average molecular weight is 691 g/mol. The summed E-state index contributed by atoms with van der Waals surface area (Å²) in [5.74, 6) is 1.88. The maximum absolute atomic E-state index is 11.9. The summed E-state index contributed by atoms with van der Waals surface area (Å²) in [6.07, 6.45) is -0.359. The number of aryl methyl sites for hydroxylation is 8. The third-order valence-corrected chi connectivity index (χ3v) is 10.0. The summed E-state index contributed by atoms with van der Waals surface area (Å²) in [5.41, 5.74) is 14.3. The summed E-state index contributed by atoms with van der Waals surface area (Å²) in [5, 5.41) is 23.9. The highest BCUT2D eigenvalue weighted by Crippen LogP contribution is 2.40. The summed E-state index contributed by atoms with van der Waals surface area (Å²) < 4.78 is 13.7. The number of ether oxygens (including phenoxy) is 2. The van der Waals surface area contributed by atoms with Gasteiger partial charge in [0.2, 0.25) is 0 Å². The van der Waals surface area contributed by atoms with E-state index in [-0.39, 0.29) is 11.5 Å². The smallest absolute Gasteiger partial charge is 0.140 e. The Morgan fingerprint density at radius 3 is 1.08 bits per heavy atom. The number of rotatable bonds is 11. The van der Waals surface area contributed by atoms with Crippen molar-refractivity contribution in [1.29, 1.82) is 0 Å². The first-order chi connectivity index (χ1) is 24.9. The molecular formula is C48H50O4. The normalized spacial score (nSPS) is 12.4. The molecule has 4 nitrogen and oxygen atoms in total. The van der Waals surface area contributed by atoms with Crippen LogP contribution in [0.25, 0.3) is 22.3 Å². The molecule has 4 heteroatoms. The van der Waals surface area contributed by atoms with Crippen LogP contribution in [-0.4, -0.2) is 22.4 Å². The molecule has 0 aliphatic rings. The fourth-order valence-electron chi connectivity index (χ4n) is 7.64. The Morgan fingerprint density at radius 1 is 0.423 bits per heavy atom. The number of aromatic hydroxyl groups is 2. The molecule has 6 aromatic carbocycles. The quantitative estimate of drug-likeness (QED) is 0.142. The maximum Gasteiger partial charge on any atom is 0.140 e. The SMILES string of the molecule is Cc1ccc(OC(Cc2cccc(-c3c(C)cc(C)cc3C)c2O)C(Cc2cccc(-c3c(C)cc(C)cc3C)c2O)Oc2ccc(C)cc2)cc1. The van der Waals surface area contributed by atoms with Crippen LogP contribution >= 0.6 is 0 Å². The average Bonchev–Trinajstić information content (AvgIpc) is 3.08. The monoisotopic (exact) mass is 690 g/mol. The lowest BCUT2D eigenvalue weighted by Crippen LogP contribution is -2.40. The first-order valence-electron chi connectivity index (χ1n) is 18.1. The van der Waals surface area contributed by atoms with E-state index in [2.05, 4.69) is 79.7 Å². The van der Waals surface area contributed by atoms with Crippen LogP contribution < -0.4 is 9.47 Å². The van der Waals surface area contributed by atoms with E-state index in [0.29, 0.717) is 24.3 Å². The van der Waals surface area contributed by atoms with Crippen molar-refractivity contribution in [2.45, 2.75) is 80.4 Å². The maximum atomic E-state index is 11.9. The van der Waals surface area contributed by atoms with E-state index in [1.54, 1.807) is 0 Å². The zero-order valence-electron chi connectivity index (χ0n) is 31.7. The molecule has 2 atom stereocenters. The molecule has 0 fully saturated rings. The van der Waals surface area contributed by atoms with Crippen molar-refractivity contribution < 1.29 is 19.7 Å². The summed E-state index contributed by atoms with van der Waals surface area (Å²) >= 11 is 0. The molecule has 6 rings (SSSR count). The number of phenolic OH excluding ortho intramolecular Hbond substituents is 2. The third-order valence-electron chi connectivity index (χ3n) is 10.0. The predicted molar refractivity (Wildman–Crippen MR) is 214 cm³/mol. The number of hydrogen-bond donors (Lipinski definition) is 2. The van der Waals surface area contributed by atoms with Crippen molar-refractivity contribution >= 4 is 0 Å². The molecule has 6 aromatic rings. The van der Waals surface area contributed by atoms with Gasteiger partial charge >= 0.3 is 0 Å². The molecular weight excluding hydrogens is 641 g/mol. The summed E-state index contributed by atoms with van der Waals surface area (Å²) in [7, 11) is 0. The van der Waals surface area contributed by atoms with E-state index in [9.17, 15) is 10.2 Å². The zero-order valence-corrected chi connectivity index (χ0v) is 31.7. The molecule has 0 aliphatic heterocycles. The fraction of sp³-hybridized carbons (Fsp3) is 0.250. The molecule has 0 saturated carbocycles. The minimum absolute atomic E-state index is 0.235. The van der Waals surface area contributed by atoms with E-state index >= 15 is 0 Å². The van der Waals surface area contributed by atoms with Gasteiger partial charge in [-0.1, -0.05) is 107 Å². The Bertz CT molecular complexity index is 1990. The van der Waals surface area contributed by atoms with E-state index in [1.165, 1.54) is 11.1 Å². The van der Waals surface area contributed by atoms with Gasteiger partial charge in [0.25, 0.3) is 0 Å². The number of hydrogen-bond acceptors (Lipinski definition) is 4. The Kier molecular flexibility index (Phi) is 10.8. The Labute approximate surface area is 309 Å². The van der Waals surface area contributed by atoms with E-state index in [4.69, 9.17) is 9.47 Å². The number of phenols is 2. The van der Waals surface area contributed by atoms with Gasteiger partial charge in [0.15, 0.2) is 0 Å². The topological polar surface area (TPSA) is 58.9 Å². The van der Waals surface area contributed by atoms with E-state index in [0.717, 1.165) is 66.8 Å². The minimum atomic E-state index is -0.545. The number of benzene rings is 6. The second kappa shape index (κ2) is 15.4. The molecule has 0 saturated heterocycles. The van der Waals surface area contributed by atoms with E-state index < -0.39 is 12.2 Å². The fourth-order valence-corrected chi connectivity index (χ4v) is 7.64. The Morgan fingerprint density at radius 2 is 0.750 bits per heavy atom. The molecule has 0 radical (unpaired) electrons. The van der Waals surface area contributed by atoms with Crippen molar-refractivity contribution in [3.8, 4) is 45.3 Å². The van der Waals surface area contributed by atoms with Crippen LogP contribution in [0.1, 0.15) is 55.6 Å². The third kappa shape index (κ3) is 8.02. The minimum Gasteiger partial charge on any atom is -0.507 e. The summed E-state index contributed by atoms with van der Waals surface area (Å²) in [6.45, 7) is 16.7. The highest BCUT2D eigenvalue weighted by Gasteiger charge is 2.30. The highest BCUT2D eigenvalue weighted by atomic mass is 16.5. The predicted octanol–water partition coefficient (Wildman–Crippen LogP) is 11.6. The van der Waals surface area contributed by atoms with Crippen molar-refractivity contribution in [1.82, 2.24) is 0 Å². The van der Waals surface area contributed by atoms with E-state index in [1.807, 2.05) is 84.9 Å². The zero-order chi connectivity index (χ0) is 37.1. The summed E-state index contributed by atoms with van der Waals surface area (Å²) in [6, 6.07) is 36.6. The first kappa shape index (κ1) is 36.3. The second-order valence-corrected chi connectivity index (χ2v) is 14.5. The first-order valence-corrected chi connectivity index (χ1v) is 18.1. The van der Waals surface area contributed by atoms with Crippen LogP contribution in [0.5, 0.6) is 23.0 Å². The summed E-state index contributed by atoms with van der Waals surface area (Å²) in [4.78, 5) is 0. The van der Waals surface area contributed by atoms with Crippen LogP contribution in [0.2, 0.25) is 0 Å². The van der Waals surface area contributed by atoms with Crippen LogP contribution in [0.15, 0.2) is 109 Å². The Hall–Kier alpha value is -5.48. The lowest BCUT2D eigenvalue weighted by Gasteiger charge is -2.30. The van der Waals surface area contributed by atoms with Crippen LogP contribution in [-0.2, 0) is 12.8 Å². The van der Waals surface area contributed by atoms with Crippen LogP contribution in [0.4, 0.5) is 0 Å². The van der Waals surface area contributed by atoms with Gasteiger partial charge in [-0.05, 0) is 124 Å². The van der Waals surface area contributed by atoms with Gasteiger partial charge in [0.1, 0.15) is 35.2 Å². The lowest BCUT2D eigenvalue weighted by molar-refractivity contribution is 0.0535.